The van der Waals surface area contributed by atoms with Crippen LogP contribution in [-0.2, 0) is 9.53 Å². The first-order valence-corrected chi connectivity index (χ1v) is 5.13. The van der Waals surface area contributed by atoms with Crippen LogP contribution in [0, 0.1) is 0 Å². The Kier molecular flexibility index (Phi) is 2.29. The molecular formula is C8H11NO3S. The van der Waals surface area contributed by atoms with Gasteiger partial charge in [-0.3, -0.25) is 4.99 Å². The lowest BCUT2D eigenvalue weighted by Gasteiger charge is -2.34. The average molecular weight is 201 g/mol. The van der Waals surface area contributed by atoms with Crippen LogP contribution in [0.1, 0.15) is 12.8 Å². The summed E-state index contributed by atoms with van der Waals surface area (Å²) in [5.74, 6) is -0.817. The average Bonchev–Trinajstić information content (AvgIpc) is 2.50. The van der Waals surface area contributed by atoms with Crippen LogP contribution in [0.5, 0.6) is 0 Å². The molecule has 0 amide bonds. The van der Waals surface area contributed by atoms with Gasteiger partial charge in [-0.05, 0) is 12.8 Å². The first-order valence-electron chi connectivity index (χ1n) is 4.25. The van der Waals surface area contributed by atoms with Crippen LogP contribution in [0.25, 0.3) is 0 Å². The largest absolute Gasteiger partial charge is 0.480 e. The van der Waals surface area contributed by atoms with Crippen molar-refractivity contribution < 1.29 is 14.6 Å². The SMILES string of the molecule is O=C(O)C1N=CSC12CCOCC2. The third kappa shape index (κ3) is 1.46. The summed E-state index contributed by atoms with van der Waals surface area (Å²) in [5.41, 5.74) is 1.67. The van der Waals surface area contributed by atoms with E-state index in [-0.39, 0.29) is 4.75 Å². The Morgan fingerprint density at radius 3 is 2.92 bits per heavy atom. The van der Waals surface area contributed by atoms with E-state index in [0.717, 1.165) is 12.8 Å². The van der Waals surface area contributed by atoms with E-state index in [2.05, 4.69) is 4.99 Å². The van der Waals surface area contributed by atoms with Crippen molar-refractivity contribution in [2.45, 2.75) is 23.6 Å². The normalized spacial score (nSPS) is 30.9. The summed E-state index contributed by atoms with van der Waals surface area (Å²) in [6.45, 7) is 1.31. The first kappa shape index (κ1) is 9.02. The lowest BCUT2D eigenvalue weighted by molar-refractivity contribution is -0.139. The quantitative estimate of drug-likeness (QED) is 0.680. The molecule has 0 aromatic rings. The van der Waals surface area contributed by atoms with Gasteiger partial charge >= 0.3 is 5.97 Å². The second-order valence-corrected chi connectivity index (χ2v) is 4.55. The Morgan fingerprint density at radius 1 is 1.62 bits per heavy atom. The fourth-order valence-corrected chi connectivity index (χ4v) is 2.88. The van der Waals surface area contributed by atoms with Gasteiger partial charge in [0.1, 0.15) is 0 Å². The van der Waals surface area contributed by atoms with Crippen molar-refractivity contribution in [1.29, 1.82) is 0 Å². The molecule has 1 saturated heterocycles. The highest BCUT2D eigenvalue weighted by Crippen LogP contribution is 2.42. The van der Waals surface area contributed by atoms with E-state index in [0.29, 0.717) is 13.2 Å². The highest BCUT2D eigenvalue weighted by Gasteiger charge is 2.47. The number of carbonyl (C=O) groups is 1. The third-order valence-corrected chi connectivity index (χ3v) is 3.90. The van der Waals surface area contributed by atoms with E-state index in [1.807, 2.05) is 0 Å². The van der Waals surface area contributed by atoms with Gasteiger partial charge in [0.15, 0.2) is 6.04 Å². The standard InChI is InChI=1S/C8H11NO3S/c10-7(11)6-8(13-5-9-6)1-3-12-4-2-8/h5-6H,1-4H2,(H,10,11). The molecule has 13 heavy (non-hydrogen) atoms. The van der Waals surface area contributed by atoms with Crippen LogP contribution in [0.2, 0.25) is 0 Å². The van der Waals surface area contributed by atoms with Gasteiger partial charge < -0.3 is 9.84 Å². The van der Waals surface area contributed by atoms with Crippen LogP contribution in [0.15, 0.2) is 4.99 Å². The molecule has 2 aliphatic rings. The van der Waals surface area contributed by atoms with Gasteiger partial charge in [-0.25, -0.2) is 4.79 Å². The topological polar surface area (TPSA) is 58.9 Å². The number of nitrogens with zero attached hydrogens (tertiary/aromatic N) is 1. The van der Waals surface area contributed by atoms with E-state index < -0.39 is 12.0 Å². The van der Waals surface area contributed by atoms with Crippen LogP contribution in [-0.4, -0.2) is 40.6 Å². The molecule has 2 heterocycles. The summed E-state index contributed by atoms with van der Waals surface area (Å²) in [4.78, 5) is 14.9. The molecule has 0 aromatic heterocycles. The number of carboxylic acid groups (broad SMARTS) is 1. The summed E-state index contributed by atoms with van der Waals surface area (Å²) in [6, 6.07) is -0.568. The summed E-state index contributed by atoms with van der Waals surface area (Å²) in [6.07, 6.45) is 1.57. The number of thioether (sulfide) groups is 1. The number of ether oxygens (including phenoxy) is 1. The summed E-state index contributed by atoms with van der Waals surface area (Å²) in [5, 5.41) is 8.96. The maximum absolute atomic E-state index is 10.9. The zero-order chi connectivity index (χ0) is 9.31. The van der Waals surface area contributed by atoms with Crippen LogP contribution >= 0.6 is 11.8 Å². The highest BCUT2D eigenvalue weighted by atomic mass is 32.2. The Bertz CT molecular complexity index is 248. The molecule has 1 atom stereocenters. The molecule has 2 aliphatic heterocycles. The lowest BCUT2D eigenvalue weighted by Crippen LogP contribution is -2.44. The minimum absolute atomic E-state index is 0.218. The molecule has 72 valence electrons. The number of hydrogen-bond donors (Lipinski definition) is 1. The zero-order valence-corrected chi connectivity index (χ0v) is 7.92. The summed E-state index contributed by atoms with van der Waals surface area (Å²) >= 11 is 1.55. The van der Waals surface area contributed by atoms with E-state index in [1.165, 1.54) is 0 Å². The summed E-state index contributed by atoms with van der Waals surface area (Å²) in [7, 11) is 0. The smallest absolute Gasteiger partial charge is 0.329 e. The maximum atomic E-state index is 10.9. The van der Waals surface area contributed by atoms with Gasteiger partial charge in [0.05, 0.1) is 10.3 Å². The Morgan fingerprint density at radius 2 is 2.31 bits per heavy atom. The van der Waals surface area contributed by atoms with Crippen molar-refractivity contribution in [2.24, 2.45) is 4.99 Å². The van der Waals surface area contributed by atoms with Gasteiger partial charge in [0.2, 0.25) is 0 Å². The highest BCUT2D eigenvalue weighted by molar-refractivity contribution is 8.13. The van der Waals surface area contributed by atoms with Gasteiger partial charge in [0, 0.05) is 13.2 Å². The van der Waals surface area contributed by atoms with Crippen molar-refractivity contribution >= 4 is 23.3 Å². The Balaban J connectivity index is 2.16. The van der Waals surface area contributed by atoms with Crippen molar-refractivity contribution in [1.82, 2.24) is 0 Å². The number of carboxylic acids is 1. The van der Waals surface area contributed by atoms with Gasteiger partial charge in [-0.1, -0.05) is 0 Å². The Hall–Kier alpha value is -0.550. The molecule has 5 heteroatoms. The van der Waals surface area contributed by atoms with Crippen LogP contribution in [0.4, 0.5) is 0 Å². The monoisotopic (exact) mass is 201 g/mol. The molecule has 1 fully saturated rings. The molecule has 0 bridgehead atoms. The van der Waals surface area contributed by atoms with Crippen molar-refractivity contribution in [3.63, 3.8) is 0 Å². The molecule has 0 aliphatic carbocycles. The number of aliphatic imine (C=N–C) groups is 1. The molecule has 1 unspecified atom stereocenters. The predicted molar refractivity (Wildman–Crippen MR) is 50.3 cm³/mol. The Labute approximate surface area is 80.4 Å². The van der Waals surface area contributed by atoms with Crippen LogP contribution in [0.3, 0.4) is 0 Å². The zero-order valence-electron chi connectivity index (χ0n) is 7.10. The molecule has 0 saturated carbocycles. The number of aliphatic carboxylic acids is 1. The second kappa shape index (κ2) is 3.31. The van der Waals surface area contributed by atoms with Crippen molar-refractivity contribution in [3.8, 4) is 0 Å². The van der Waals surface area contributed by atoms with Crippen molar-refractivity contribution in [2.75, 3.05) is 13.2 Å². The fraction of sp³-hybridized carbons (Fsp3) is 0.750. The van der Waals surface area contributed by atoms with E-state index in [9.17, 15) is 4.79 Å². The van der Waals surface area contributed by atoms with Crippen molar-refractivity contribution in [3.05, 3.63) is 0 Å². The van der Waals surface area contributed by atoms with E-state index >= 15 is 0 Å². The second-order valence-electron chi connectivity index (χ2n) is 3.29. The molecule has 1 N–H and O–H groups in total. The molecule has 4 nitrogen and oxygen atoms in total. The van der Waals surface area contributed by atoms with Gasteiger partial charge in [-0.15, -0.1) is 11.8 Å². The molecule has 0 aromatic carbocycles. The minimum atomic E-state index is -0.817. The number of rotatable bonds is 1. The number of hydrogen-bond acceptors (Lipinski definition) is 4. The predicted octanol–water partition coefficient (Wildman–Crippen LogP) is 0.764. The van der Waals surface area contributed by atoms with Gasteiger partial charge in [-0.2, -0.15) is 0 Å². The molecular weight excluding hydrogens is 190 g/mol. The maximum Gasteiger partial charge on any atom is 0.329 e. The fourth-order valence-electron chi connectivity index (χ4n) is 1.79. The first-order chi connectivity index (χ1) is 6.25. The van der Waals surface area contributed by atoms with E-state index in [4.69, 9.17) is 9.84 Å². The molecule has 2 rings (SSSR count). The summed E-state index contributed by atoms with van der Waals surface area (Å²) < 4.78 is 5.00. The lowest BCUT2D eigenvalue weighted by atomic mass is 9.91. The molecule has 0 radical (unpaired) electrons. The third-order valence-electron chi connectivity index (χ3n) is 2.57. The van der Waals surface area contributed by atoms with Crippen LogP contribution < -0.4 is 0 Å². The van der Waals surface area contributed by atoms with E-state index in [1.54, 1.807) is 17.3 Å². The minimum Gasteiger partial charge on any atom is -0.480 e. The van der Waals surface area contributed by atoms with Gasteiger partial charge in [0.25, 0.3) is 0 Å². The molecule has 1 spiro atoms.